The van der Waals surface area contributed by atoms with E-state index in [-0.39, 0.29) is 12.3 Å². The van der Waals surface area contributed by atoms with Crippen LogP contribution in [0.25, 0.3) is 10.9 Å². The first-order chi connectivity index (χ1) is 10.2. The monoisotopic (exact) mass is 283 g/mol. The minimum atomic E-state index is -0.0698. The van der Waals surface area contributed by atoms with Crippen molar-refractivity contribution in [2.45, 2.75) is 19.9 Å². The molecule has 2 aromatic heterocycles. The van der Waals surface area contributed by atoms with Crippen molar-refractivity contribution >= 4 is 22.5 Å². The van der Waals surface area contributed by atoms with Crippen molar-refractivity contribution in [1.29, 1.82) is 0 Å². The standard InChI is InChI=1S/C15H17N5O/c1-3-20-7-6-13(18-20)9-15(21)17-12-4-5-14-11(8-12)10-16-19(14)2/h4-8,10H,3,9H2,1-2H3,(H,17,21). The van der Waals surface area contributed by atoms with E-state index in [0.717, 1.165) is 28.8 Å². The first kappa shape index (κ1) is 13.4. The maximum absolute atomic E-state index is 12.0. The van der Waals surface area contributed by atoms with Gasteiger partial charge in [0.25, 0.3) is 0 Å². The van der Waals surface area contributed by atoms with Crippen LogP contribution in [-0.2, 0) is 24.8 Å². The Kier molecular flexibility index (Phi) is 3.43. The van der Waals surface area contributed by atoms with Crippen LogP contribution in [0.3, 0.4) is 0 Å². The molecule has 2 heterocycles. The van der Waals surface area contributed by atoms with E-state index in [4.69, 9.17) is 0 Å². The van der Waals surface area contributed by atoms with E-state index in [0.29, 0.717) is 0 Å². The van der Waals surface area contributed by atoms with Crippen LogP contribution < -0.4 is 5.32 Å². The fourth-order valence-electron chi connectivity index (χ4n) is 2.29. The Balaban J connectivity index is 1.70. The number of aryl methyl sites for hydroxylation is 2. The highest BCUT2D eigenvalue weighted by Crippen LogP contribution is 2.18. The number of hydrogen-bond donors (Lipinski definition) is 1. The Morgan fingerprint density at radius 1 is 1.33 bits per heavy atom. The summed E-state index contributed by atoms with van der Waals surface area (Å²) < 4.78 is 3.61. The van der Waals surface area contributed by atoms with Crippen molar-refractivity contribution in [1.82, 2.24) is 19.6 Å². The molecule has 3 rings (SSSR count). The molecular weight excluding hydrogens is 266 g/mol. The molecule has 0 aliphatic rings. The number of carbonyl (C=O) groups excluding carboxylic acids is 1. The van der Waals surface area contributed by atoms with Crippen molar-refractivity contribution < 1.29 is 4.79 Å². The van der Waals surface area contributed by atoms with Crippen LogP contribution in [0, 0.1) is 0 Å². The predicted octanol–water partition coefficient (Wildman–Crippen LogP) is 1.97. The lowest BCUT2D eigenvalue weighted by Crippen LogP contribution is -2.15. The van der Waals surface area contributed by atoms with Gasteiger partial charge in [-0.05, 0) is 31.2 Å². The van der Waals surface area contributed by atoms with Crippen LogP contribution in [0.2, 0.25) is 0 Å². The Bertz CT molecular complexity index is 786. The summed E-state index contributed by atoms with van der Waals surface area (Å²) in [5.41, 5.74) is 2.59. The summed E-state index contributed by atoms with van der Waals surface area (Å²) >= 11 is 0. The van der Waals surface area contributed by atoms with Gasteiger partial charge in [0.2, 0.25) is 5.91 Å². The molecule has 1 aromatic carbocycles. The van der Waals surface area contributed by atoms with Gasteiger partial charge in [0.05, 0.1) is 23.8 Å². The van der Waals surface area contributed by atoms with E-state index in [9.17, 15) is 4.79 Å². The molecular formula is C15H17N5O. The molecule has 0 saturated heterocycles. The van der Waals surface area contributed by atoms with Gasteiger partial charge in [0.15, 0.2) is 0 Å². The van der Waals surface area contributed by atoms with Gasteiger partial charge >= 0.3 is 0 Å². The molecule has 0 radical (unpaired) electrons. The SMILES string of the molecule is CCn1ccc(CC(=O)Nc2ccc3c(cnn3C)c2)n1. The minimum Gasteiger partial charge on any atom is -0.326 e. The summed E-state index contributed by atoms with van der Waals surface area (Å²) in [6.45, 7) is 2.82. The Morgan fingerprint density at radius 3 is 2.95 bits per heavy atom. The molecule has 21 heavy (non-hydrogen) atoms. The maximum atomic E-state index is 12.0. The second-order valence-electron chi connectivity index (χ2n) is 4.93. The molecule has 0 spiro atoms. The number of amides is 1. The number of anilines is 1. The van der Waals surface area contributed by atoms with Crippen LogP contribution >= 0.6 is 0 Å². The molecule has 6 nitrogen and oxygen atoms in total. The molecule has 0 fully saturated rings. The van der Waals surface area contributed by atoms with Crippen molar-refractivity contribution in [3.63, 3.8) is 0 Å². The normalized spacial score (nSPS) is 11.0. The van der Waals surface area contributed by atoms with Gasteiger partial charge in [-0.15, -0.1) is 0 Å². The highest BCUT2D eigenvalue weighted by Gasteiger charge is 2.08. The van der Waals surface area contributed by atoms with Gasteiger partial charge in [-0.2, -0.15) is 10.2 Å². The zero-order valence-corrected chi connectivity index (χ0v) is 12.1. The summed E-state index contributed by atoms with van der Waals surface area (Å²) in [6, 6.07) is 7.62. The molecule has 108 valence electrons. The molecule has 0 aliphatic heterocycles. The van der Waals surface area contributed by atoms with E-state index in [1.807, 2.05) is 49.1 Å². The number of carbonyl (C=O) groups is 1. The summed E-state index contributed by atoms with van der Waals surface area (Å²) in [5.74, 6) is -0.0698. The number of benzene rings is 1. The molecule has 1 amide bonds. The molecule has 6 heteroatoms. The number of hydrogen-bond acceptors (Lipinski definition) is 3. The highest BCUT2D eigenvalue weighted by molar-refractivity contribution is 5.94. The fraction of sp³-hybridized carbons (Fsp3) is 0.267. The van der Waals surface area contributed by atoms with Gasteiger partial charge in [0.1, 0.15) is 0 Å². The van der Waals surface area contributed by atoms with Crippen molar-refractivity contribution in [3.8, 4) is 0 Å². The van der Waals surface area contributed by atoms with Crippen molar-refractivity contribution in [2.24, 2.45) is 7.05 Å². The molecule has 0 saturated carbocycles. The van der Waals surface area contributed by atoms with Gasteiger partial charge in [-0.1, -0.05) is 0 Å². The largest absolute Gasteiger partial charge is 0.326 e. The molecule has 1 N–H and O–H groups in total. The van der Waals surface area contributed by atoms with Crippen LogP contribution in [-0.4, -0.2) is 25.5 Å². The third-order valence-corrected chi connectivity index (χ3v) is 3.39. The fourth-order valence-corrected chi connectivity index (χ4v) is 2.29. The predicted molar refractivity (Wildman–Crippen MR) is 80.9 cm³/mol. The van der Waals surface area contributed by atoms with Gasteiger partial charge < -0.3 is 5.32 Å². The highest BCUT2D eigenvalue weighted by atomic mass is 16.1. The van der Waals surface area contributed by atoms with Crippen LogP contribution in [0.4, 0.5) is 5.69 Å². The van der Waals surface area contributed by atoms with E-state index in [1.165, 1.54) is 0 Å². The summed E-state index contributed by atoms with van der Waals surface area (Å²) in [5, 5.41) is 12.4. The van der Waals surface area contributed by atoms with E-state index < -0.39 is 0 Å². The molecule has 0 aliphatic carbocycles. The smallest absolute Gasteiger partial charge is 0.230 e. The lowest BCUT2D eigenvalue weighted by Gasteiger charge is -2.04. The van der Waals surface area contributed by atoms with Crippen molar-refractivity contribution in [3.05, 3.63) is 42.4 Å². The number of nitrogens with zero attached hydrogens (tertiary/aromatic N) is 4. The number of rotatable bonds is 4. The van der Waals surface area contributed by atoms with E-state index in [1.54, 1.807) is 10.9 Å². The quantitative estimate of drug-likeness (QED) is 0.796. The first-order valence-corrected chi connectivity index (χ1v) is 6.89. The Hall–Kier alpha value is -2.63. The maximum Gasteiger partial charge on any atom is 0.230 e. The Morgan fingerprint density at radius 2 is 2.19 bits per heavy atom. The molecule has 0 unspecified atom stereocenters. The number of nitrogens with one attached hydrogen (secondary N) is 1. The molecule has 0 bridgehead atoms. The minimum absolute atomic E-state index is 0.0698. The summed E-state index contributed by atoms with van der Waals surface area (Å²) in [6.07, 6.45) is 3.94. The average molecular weight is 283 g/mol. The zero-order chi connectivity index (χ0) is 14.8. The van der Waals surface area contributed by atoms with E-state index >= 15 is 0 Å². The van der Waals surface area contributed by atoms with Crippen LogP contribution in [0.15, 0.2) is 36.7 Å². The summed E-state index contributed by atoms with van der Waals surface area (Å²) in [7, 11) is 1.89. The second kappa shape index (κ2) is 5.40. The lowest BCUT2D eigenvalue weighted by molar-refractivity contribution is -0.115. The van der Waals surface area contributed by atoms with Gasteiger partial charge in [-0.25, -0.2) is 0 Å². The summed E-state index contributed by atoms with van der Waals surface area (Å²) in [4.78, 5) is 12.0. The molecule has 3 aromatic rings. The lowest BCUT2D eigenvalue weighted by atomic mass is 10.2. The van der Waals surface area contributed by atoms with Gasteiger partial charge in [0, 0.05) is 30.9 Å². The second-order valence-corrected chi connectivity index (χ2v) is 4.93. The van der Waals surface area contributed by atoms with Crippen LogP contribution in [0.1, 0.15) is 12.6 Å². The first-order valence-electron chi connectivity index (χ1n) is 6.89. The average Bonchev–Trinajstić information content (AvgIpc) is 3.06. The van der Waals surface area contributed by atoms with E-state index in [2.05, 4.69) is 15.5 Å². The third-order valence-electron chi connectivity index (χ3n) is 3.39. The molecule has 0 atom stereocenters. The third kappa shape index (κ3) is 2.79. The zero-order valence-electron chi connectivity index (χ0n) is 12.1. The van der Waals surface area contributed by atoms with Gasteiger partial charge in [-0.3, -0.25) is 14.2 Å². The number of aromatic nitrogens is 4. The Labute approximate surface area is 122 Å². The number of fused-ring (bicyclic) bond motifs is 1. The van der Waals surface area contributed by atoms with Crippen LogP contribution in [0.5, 0.6) is 0 Å². The van der Waals surface area contributed by atoms with Crippen molar-refractivity contribution in [2.75, 3.05) is 5.32 Å². The topological polar surface area (TPSA) is 64.7 Å².